The van der Waals surface area contributed by atoms with Crippen LogP contribution in [0.4, 0.5) is 0 Å². The molecule has 90 valence electrons. The lowest BCUT2D eigenvalue weighted by molar-refractivity contribution is 0.0964. The first kappa shape index (κ1) is 13.0. The van der Waals surface area contributed by atoms with Gasteiger partial charge in [-0.25, -0.2) is 0 Å². The van der Waals surface area contributed by atoms with Gasteiger partial charge in [0.25, 0.3) is 0 Å². The van der Waals surface area contributed by atoms with Crippen molar-refractivity contribution in [3.63, 3.8) is 0 Å². The van der Waals surface area contributed by atoms with Crippen molar-refractivity contribution < 1.29 is 0 Å². The second-order valence-electron chi connectivity index (χ2n) is 5.55. The van der Waals surface area contributed by atoms with E-state index in [-0.39, 0.29) is 0 Å². The first-order valence-electron chi connectivity index (χ1n) is 6.54. The van der Waals surface area contributed by atoms with Crippen LogP contribution in [0.15, 0.2) is 0 Å². The van der Waals surface area contributed by atoms with Gasteiger partial charge in [0.1, 0.15) is 0 Å². The fourth-order valence-corrected chi connectivity index (χ4v) is 2.56. The number of rotatable bonds is 3. The molecule has 1 saturated heterocycles. The Bertz CT molecular complexity index is 177. The topological polar surface area (TPSA) is 15.3 Å². The summed E-state index contributed by atoms with van der Waals surface area (Å²) in [6, 6.07) is 0.685. The molecule has 0 aromatic carbocycles. The van der Waals surface area contributed by atoms with Crippen LogP contribution >= 0.6 is 0 Å². The summed E-state index contributed by atoms with van der Waals surface area (Å²) in [5, 5.41) is 3.56. The van der Waals surface area contributed by atoms with E-state index in [0.29, 0.717) is 11.6 Å². The molecule has 1 unspecified atom stereocenters. The van der Waals surface area contributed by atoms with Crippen molar-refractivity contribution in [1.82, 2.24) is 10.2 Å². The van der Waals surface area contributed by atoms with E-state index < -0.39 is 0 Å². The highest BCUT2D eigenvalue weighted by Gasteiger charge is 2.26. The van der Waals surface area contributed by atoms with Crippen molar-refractivity contribution in [2.45, 2.75) is 65.0 Å². The Morgan fingerprint density at radius 3 is 2.73 bits per heavy atom. The van der Waals surface area contributed by atoms with Gasteiger partial charge in [0.15, 0.2) is 0 Å². The van der Waals surface area contributed by atoms with E-state index >= 15 is 0 Å². The van der Waals surface area contributed by atoms with Gasteiger partial charge in [0.05, 0.1) is 0 Å². The molecule has 1 aliphatic rings. The van der Waals surface area contributed by atoms with E-state index in [1.165, 1.54) is 45.3 Å². The molecule has 15 heavy (non-hydrogen) atoms. The molecule has 2 heteroatoms. The van der Waals surface area contributed by atoms with Gasteiger partial charge in [-0.3, -0.25) is 4.90 Å². The maximum atomic E-state index is 3.56. The molecular formula is C13H28N2. The average Bonchev–Trinajstić information content (AvgIpc) is 2.11. The predicted molar refractivity (Wildman–Crippen MR) is 67.3 cm³/mol. The lowest BCUT2D eigenvalue weighted by Crippen LogP contribution is -2.48. The molecule has 0 aliphatic carbocycles. The summed E-state index contributed by atoms with van der Waals surface area (Å²) >= 11 is 0. The van der Waals surface area contributed by atoms with Gasteiger partial charge in [0, 0.05) is 18.1 Å². The molecule has 1 heterocycles. The highest BCUT2D eigenvalue weighted by Crippen LogP contribution is 2.22. The predicted octanol–water partition coefficient (Wildman–Crippen LogP) is 2.64. The molecule has 1 atom stereocenters. The Labute approximate surface area is 95.4 Å². The van der Waals surface area contributed by atoms with E-state index in [4.69, 9.17) is 0 Å². The van der Waals surface area contributed by atoms with Crippen LogP contribution in [0.1, 0.15) is 53.4 Å². The number of hydrogen-bond donors (Lipinski definition) is 1. The first-order valence-corrected chi connectivity index (χ1v) is 6.54. The minimum absolute atomic E-state index is 0.395. The Kier molecular flexibility index (Phi) is 5.07. The third-order valence-electron chi connectivity index (χ3n) is 3.65. The summed E-state index contributed by atoms with van der Waals surface area (Å²) in [7, 11) is 0. The van der Waals surface area contributed by atoms with Gasteiger partial charge in [-0.1, -0.05) is 13.3 Å². The molecule has 0 aromatic heterocycles. The maximum Gasteiger partial charge on any atom is 0.0153 e. The van der Waals surface area contributed by atoms with E-state index in [2.05, 4.69) is 37.9 Å². The molecule has 1 rings (SSSR count). The van der Waals surface area contributed by atoms with Crippen LogP contribution in [-0.2, 0) is 0 Å². The standard InChI is InChI=1S/C13H28N2/c1-5-8-13(3,4)15-10-6-9-14-12(2)7-11-15/h12,14H,5-11H2,1-4H3. The highest BCUT2D eigenvalue weighted by molar-refractivity contribution is 4.83. The zero-order chi connectivity index (χ0) is 11.3. The van der Waals surface area contributed by atoms with Gasteiger partial charge in [-0.05, 0) is 53.1 Å². The minimum atomic E-state index is 0.395. The van der Waals surface area contributed by atoms with Gasteiger partial charge in [-0.2, -0.15) is 0 Å². The molecule has 0 spiro atoms. The fourth-order valence-electron chi connectivity index (χ4n) is 2.56. The summed E-state index contributed by atoms with van der Waals surface area (Å²) in [6.07, 6.45) is 5.18. The van der Waals surface area contributed by atoms with Crippen molar-refractivity contribution in [3.8, 4) is 0 Å². The van der Waals surface area contributed by atoms with Crippen molar-refractivity contribution in [2.24, 2.45) is 0 Å². The van der Waals surface area contributed by atoms with Crippen LogP contribution < -0.4 is 5.32 Å². The van der Waals surface area contributed by atoms with Crippen LogP contribution in [0.5, 0.6) is 0 Å². The van der Waals surface area contributed by atoms with Gasteiger partial charge >= 0.3 is 0 Å². The van der Waals surface area contributed by atoms with Crippen LogP contribution in [0.2, 0.25) is 0 Å². The molecule has 2 nitrogen and oxygen atoms in total. The highest BCUT2D eigenvalue weighted by atomic mass is 15.2. The summed E-state index contributed by atoms with van der Waals surface area (Å²) < 4.78 is 0. The SMILES string of the molecule is CCCC(C)(C)N1CCCNC(C)CC1. The van der Waals surface area contributed by atoms with Crippen LogP contribution in [0, 0.1) is 0 Å². The Hall–Kier alpha value is -0.0800. The molecule has 0 bridgehead atoms. The third kappa shape index (κ3) is 4.12. The summed E-state index contributed by atoms with van der Waals surface area (Å²) in [5.41, 5.74) is 0.395. The zero-order valence-electron chi connectivity index (χ0n) is 11.0. The summed E-state index contributed by atoms with van der Waals surface area (Å²) in [4.78, 5) is 2.69. The largest absolute Gasteiger partial charge is 0.314 e. The van der Waals surface area contributed by atoms with Crippen LogP contribution in [0.3, 0.4) is 0 Å². The molecule has 0 aromatic rings. The van der Waals surface area contributed by atoms with E-state index in [0.717, 1.165) is 0 Å². The molecule has 0 radical (unpaired) electrons. The lowest BCUT2D eigenvalue weighted by Gasteiger charge is -2.40. The molecule has 1 fully saturated rings. The van der Waals surface area contributed by atoms with Gasteiger partial charge in [0.2, 0.25) is 0 Å². The monoisotopic (exact) mass is 212 g/mol. The average molecular weight is 212 g/mol. The number of nitrogens with one attached hydrogen (secondary N) is 1. The van der Waals surface area contributed by atoms with Crippen LogP contribution in [0.25, 0.3) is 0 Å². The van der Waals surface area contributed by atoms with Crippen molar-refractivity contribution in [1.29, 1.82) is 0 Å². The second kappa shape index (κ2) is 5.86. The Balaban J connectivity index is 2.50. The second-order valence-corrected chi connectivity index (χ2v) is 5.55. The van der Waals surface area contributed by atoms with Crippen molar-refractivity contribution in [2.75, 3.05) is 19.6 Å². The Morgan fingerprint density at radius 2 is 2.07 bits per heavy atom. The molecule has 1 aliphatic heterocycles. The van der Waals surface area contributed by atoms with E-state index in [1.54, 1.807) is 0 Å². The quantitative estimate of drug-likeness (QED) is 0.773. The van der Waals surface area contributed by atoms with E-state index in [9.17, 15) is 0 Å². The van der Waals surface area contributed by atoms with E-state index in [1.807, 2.05) is 0 Å². The van der Waals surface area contributed by atoms with Gasteiger partial charge < -0.3 is 5.32 Å². The maximum absolute atomic E-state index is 3.56. The van der Waals surface area contributed by atoms with Crippen molar-refractivity contribution in [3.05, 3.63) is 0 Å². The van der Waals surface area contributed by atoms with Crippen molar-refractivity contribution >= 4 is 0 Å². The first-order chi connectivity index (χ1) is 7.06. The normalized spacial score (nSPS) is 26.0. The summed E-state index contributed by atoms with van der Waals surface area (Å²) in [6.45, 7) is 13.1. The minimum Gasteiger partial charge on any atom is -0.314 e. The fraction of sp³-hybridized carbons (Fsp3) is 1.00. The number of nitrogens with zero attached hydrogens (tertiary/aromatic N) is 1. The molecule has 0 amide bonds. The van der Waals surface area contributed by atoms with Crippen LogP contribution in [-0.4, -0.2) is 36.1 Å². The lowest BCUT2D eigenvalue weighted by atomic mass is 9.95. The molecule has 0 saturated carbocycles. The Morgan fingerprint density at radius 1 is 1.33 bits per heavy atom. The third-order valence-corrected chi connectivity index (χ3v) is 3.65. The van der Waals surface area contributed by atoms with Gasteiger partial charge in [-0.15, -0.1) is 0 Å². The summed E-state index contributed by atoms with van der Waals surface area (Å²) in [5.74, 6) is 0. The molecular weight excluding hydrogens is 184 g/mol. The molecule has 1 N–H and O–H groups in total. The zero-order valence-corrected chi connectivity index (χ0v) is 11.0. The number of hydrogen-bond acceptors (Lipinski definition) is 2. The smallest absolute Gasteiger partial charge is 0.0153 e.